The molecule has 5 heteroatoms. The molecule has 3 aromatic heterocycles. The summed E-state index contributed by atoms with van der Waals surface area (Å²) in [6, 6.07) is 12.0. The van der Waals surface area contributed by atoms with Gasteiger partial charge in [-0.25, -0.2) is 9.97 Å². The van der Waals surface area contributed by atoms with Crippen molar-refractivity contribution in [2.24, 2.45) is 0 Å². The summed E-state index contributed by atoms with van der Waals surface area (Å²) in [7, 11) is 0. The van der Waals surface area contributed by atoms with E-state index < -0.39 is 0 Å². The highest BCUT2D eigenvalue weighted by atomic mass is 15.5. The fraction of sp³-hybridized carbons (Fsp3) is 0. The number of nitrogens with one attached hydrogen (secondary N) is 1. The molecule has 4 rings (SSSR count). The Balaban J connectivity index is 2.02. The van der Waals surface area contributed by atoms with Crippen LogP contribution in [0, 0.1) is 0 Å². The van der Waals surface area contributed by atoms with Crippen molar-refractivity contribution in [1.29, 1.82) is 0 Å². The SMILES string of the molecule is c1ccc(-c2cnc3[nH][n+]4cccn4c3n2)cc1. The van der Waals surface area contributed by atoms with Crippen molar-refractivity contribution >= 4 is 11.3 Å². The molecule has 0 aliphatic heterocycles. The minimum absolute atomic E-state index is 0.773. The van der Waals surface area contributed by atoms with Crippen molar-refractivity contribution in [3.05, 3.63) is 55.0 Å². The van der Waals surface area contributed by atoms with Crippen molar-refractivity contribution < 1.29 is 4.63 Å². The number of benzene rings is 1. The summed E-state index contributed by atoms with van der Waals surface area (Å²) in [6.45, 7) is 0. The molecule has 0 amide bonds. The highest BCUT2D eigenvalue weighted by molar-refractivity contribution is 5.69. The third-order valence-corrected chi connectivity index (χ3v) is 2.95. The number of H-pyrrole nitrogens is 1. The number of nitrogens with zero attached hydrogens (tertiary/aromatic N) is 4. The average Bonchev–Trinajstić information content (AvgIpc) is 2.99. The zero-order chi connectivity index (χ0) is 11.9. The first kappa shape index (κ1) is 9.35. The van der Waals surface area contributed by atoms with Gasteiger partial charge in [-0.15, -0.1) is 5.10 Å². The van der Waals surface area contributed by atoms with Crippen LogP contribution < -0.4 is 4.63 Å². The molecule has 1 aromatic carbocycles. The topological polar surface area (TPSA) is 50.1 Å². The van der Waals surface area contributed by atoms with Crippen molar-refractivity contribution in [2.45, 2.75) is 0 Å². The Morgan fingerprint density at radius 3 is 2.89 bits per heavy atom. The fourth-order valence-corrected chi connectivity index (χ4v) is 2.08. The summed E-state index contributed by atoms with van der Waals surface area (Å²) in [5, 5.41) is 3.14. The third-order valence-electron chi connectivity index (χ3n) is 2.95. The Labute approximate surface area is 102 Å². The van der Waals surface area contributed by atoms with Crippen molar-refractivity contribution in [3.8, 4) is 11.3 Å². The molecule has 0 saturated heterocycles. The number of aromatic nitrogens is 5. The van der Waals surface area contributed by atoms with Gasteiger partial charge >= 0.3 is 0 Å². The van der Waals surface area contributed by atoms with Crippen LogP contribution in [-0.2, 0) is 0 Å². The molecule has 0 unspecified atom stereocenters. The van der Waals surface area contributed by atoms with Gasteiger partial charge in [0.1, 0.15) is 0 Å². The molecule has 86 valence electrons. The molecule has 0 saturated carbocycles. The first-order valence-corrected chi connectivity index (χ1v) is 5.71. The van der Waals surface area contributed by atoms with Gasteiger partial charge in [-0.3, -0.25) is 0 Å². The number of hydrogen-bond acceptors (Lipinski definition) is 2. The molecular weight excluding hydrogens is 226 g/mol. The molecular formula is C13H10N5+. The average molecular weight is 236 g/mol. The van der Waals surface area contributed by atoms with Gasteiger partial charge in [-0.1, -0.05) is 34.8 Å². The first-order chi connectivity index (χ1) is 8.92. The maximum absolute atomic E-state index is 4.65. The lowest BCUT2D eigenvalue weighted by atomic mass is 10.2. The molecule has 5 nitrogen and oxygen atoms in total. The Kier molecular flexibility index (Phi) is 1.77. The van der Waals surface area contributed by atoms with E-state index in [1.807, 2.05) is 57.9 Å². The molecule has 1 N–H and O–H groups in total. The molecule has 0 bridgehead atoms. The molecule has 0 fully saturated rings. The molecule has 0 aliphatic carbocycles. The van der Waals surface area contributed by atoms with E-state index in [9.17, 15) is 0 Å². The van der Waals surface area contributed by atoms with Crippen LogP contribution in [0.25, 0.3) is 22.6 Å². The van der Waals surface area contributed by atoms with Gasteiger partial charge in [0.2, 0.25) is 17.5 Å². The monoisotopic (exact) mass is 236 g/mol. The largest absolute Gasteiger partial charge is 0.245 e. The zero-order valence-corrected chi connectivity index (χ0v) is 9.49. The number of rotatable bonds is 1. The highest BCUT2D eigenvalue weighted by Gasteiger charge is 2.13. The van der Waals surface area contributed by atoms with E-state index in [1.54, 1.807) is 6.20 Å². The predicted octanol–water partition coefficient (Wildman–Crippen LogP) is 1.46. The smallest absolute Gasteiger partial charge is 0.229 e. The minimum atomic E-state index is 0.773. The van der Waals surface area contributed by atoms with Gasteiger partial charge in [-0.2, -0.15) is 0 Å². The first-order valence-electron chi connectivity index (χ1n) is 5.71. The molecule has 0 spiro atoms. The molecule has 0 radical (unpaired) electrons. The fourth-order valence-electron chi connectivity index (χ4n) is 2.08. The maximum atomic E-state index is 4.65. The lowest BCUT2D eigenvalue weighted by molar-refractivity contribution is -0.669. The second-order valence-electron chi connectivity index (χ2n) is 4.09. The van der Waals surface area contributed by atoms with Crippen LogP contribution in [0.5, 0.6) is 0 Å². The van der Waals surface area contributed by atoms with Crippen LogP contribution >= 0.6 is 0 Å². The molecule has 0 atom stereocenters. The van der Waals surface area contributed by atoms with Crippen molar-refractivity contribution in [3.63, 3.8) is 0 Å². The zero-order valence-electron chi connectivity index (χ0n) is 9.49. The van der Waals surface area contributed by atoms with E-state index in [-0.39, 0.29) is 0 Å². The van der Waals surface area contributed by atoms with Gasteiger partial charge in [0, 0.05) is 16.3 Å². The summed E-state index contributed by atoms with van der Waals surface area (Å²) in [5.74, 6) is 0. The lowest BCUT2D eigenvalue weighted by Gasteiger charge is -1.97. The van der Waals surface area contributed by atoms with Crippen molar-refractivity contribution in [2.75, 3.05) is 0 Å². The minimum Gasteiger partial charge on any atom is -0.229 e. The number of hydrogen-bond donors (Lipinski definition) is 1. The van der Waals surface area contributed by atoms with E-state index in [4.69, 9.17) is 0 Å². The van der Waals surface area contributed by atoms with Crippen LogP contribution in [0.1, 0.15) is 0 Å². The van der Waals surface area contributed by atoms with Gasteiger partial charge in [-0.05, 0) is 0 Å². The van der Waals surface area contributed by atoms with Crippen LogP contribution in [-0.4, -0.2) is 19.6 Å². The van der Waals surface area contributed by atoms with Crippen LogP contribution in [0.4, 0.5) is 0 Å². The van der Waals surface area contributed by atoms with Crippen LogP contribution in [0.2, 0.25) is 0 Å². The number of aromatic amines is 1. The van der Waals surface area contributed by atoms with Crippen LogP contribution in [0.3, 0.4) is 0 Å². The Morgan fingerprint density at radius 1 is 1.11 bits per heavy atom. The summed E-state index contributed by atoms with van der Waals surface area (Å²) in [5.41, 5.74) is 3.54. The Bertz CT molecular complexity index is 828. The highest BCUT2D eigenvalue weighted by Crippen LogP contribution is 2.16. The standard InChI is InChI=1S/C13H10N5/c1-2-5-10(6-3-1)11-9-14-12-13(15-11)17-7-4-8-18(17)16-12/h1-9H,(H,14,16)/q+1. The van der Waals surface area contributed by atoms with Gasteiger partial charge in [0.05, 0.1) is 18.1 Å². The van der Waals surface area contributed by atoms with Gasteiger partial charge in [0.15, 0.2) is 0 Å². The van der Waals surface area contributed by atoms with Crippen molar-refractivity contribution in [1.82, 2.24) is 19.6 Å². The summed E-state index contributed by atoms with van der Waals surface area (Å²) >= 11 is 0. The van der Waals surface area contributed by atoms with E-state index >= 15 is 0 Å². The Hall–Kier alpha value is -2.69. The summed E-state index contributed by atoms with van der Waals surface area (Å²) in [6.07, 6.45) is 5.65. The third kappa shape index (κ3) is 1.24. The van der Waals surface area contributed by atoms with E-state index in [2.05, 4.69) is 15.1 Å². The van der Waals surface area contributed by atoms with Gasteiger partial charge < -0.3 is 0 Å². The number of fused-ring (bicyclic) bond motifs is 3. The normalized spacial score (nSPS) is 11.3. The van der Waals surface area contributed by atoms with Crippen LogP contribution in [0.15, 0.2) is 55.0 Å². The second-order valence-corrected chi connectivity index (χ2v) is 4.09. The lowest BCUT2D eigenvalue weighted by Crippen LogP contribution is -2.26. The molecule has 4 aromatic rings. The maximum Gasteiger partial charge on any atom is 0.245 e. The second kappa shape index (κ2) is 3.40. The quantitative estimate of drug-likeness (QED) is 0.509. The summed E-state index contributed by atoms with van der Waals surface area (Å²) in [4.78, 5) is 9.06. The molecule has 3 heterocycles. The molecule has 18 heavy (non-hydrogen) atoms. The van der Waals surface area contributed by atoms with E-state index in [0.29, 0.717) is 0 Å². The molecule has 0 aliphatic rings. The summed E-state index contributed by atoms with van der Waals surface area (Å²) < 4.78 is 3.77. The Morgan fingerprint density at radius 2 is 2.00 bits per heavy atom. The predicted molar refractivity (Wildman–Crippen MR) is 65.9 cm³/mol. The van der Waals surface area contributed by atoms with E-state index in [0.717, 1.165) is 22.6 Å². The van der Waals surface area contributed by atoms with Gasteiger partial charge in [0.25, 0.3) is 0 Å². The van der Waals surface area contributed by atoms with E-state index in [1.165, 1.54) is 0 Å².